The summed E-state index contributed by atoms with van der Waals surface area (Å²) >= 11 is 0. The average molecular weight is 426 g/mol. The van der Waals surface area contributed by atoms with E-state index in [1.165, 1.54) is 49.4 Å². The van der Waals surface area contributed by atoms with Crippen molar-refractivity contribution >= 4 is 51.0 Å². The predicted molar refractivity (Wildman–Crippen MR) is 140 cm³/mol. The van der Waals surface area contributed by atoms with Crippen LogP contribution in [0, 0.1) is 0 Å². The third-order valence-corrected chi connectivity index (χ3v) is 10.9. The Hall–Kier alpha value is -3.62. The molecule has 0 aliphatic carbocycles. The molecule has 0 amide bonds. The van der Waals surface area contributed by atoms with Gasteiger partial charge in [0.2, 0.25) is 0 Å². The second-order valence-electron chi connectivity index (χ2n) is 9.44. The molecule has 7 rings (SSSR count). The standard InChI is InChI=1S/C30H23NSi/c1-32(2)29-15-9-7-13-23(29)24-17-16-20-18-26-22-12-6-8-14-27(22)31(21-10-4-3-5-11-21)28(26)19-25(20)30(24)32/h3-19H,1-2H3. The van der Waals surface area contributed by atoms with Gasteiger partial charge in [-0.15, -0.1) is 0 Å². The Morgan fingerprint density at radius 3 is 2.19 bits per heavy atom. The Balaban J connectivity index is 1.66. The highest BCUT2D eigenvalue weighted by molar-refractivity contribution is 7.05. The van der Waals surface area contributed by atoms with Crippen molar-refractivity contribution in [3.8, 4) is 16.8 Å². The monoisotopic (exact) mass is 425 g/mol. The minimum Gasteiger partial charge on any atom is -0.309 e. The second kappa shape index (κ2) is 6.21. The summed E-state index contributed by atoms with van der Waals surface area (Å²) in [4.78, 5) is 0. The van der Waals surface area contributed by atoms with Gasteiger partial charge in [-0.25, -0.2) is 0 Å². The van der Waals surface area contributed by atoms with Crippen molar-refractivity contribution < 1.29 is 0 Å². The maximum Gasteiger partial charge on any atom is 0.114 e. The maximum absolute atomic E-state index is 2.51. The first kappa shape index (κ1) is 18.0. The Kier molecular flexibility index (Phi) is 3.49. The van der Waals surface area contributed by atoms with Gasteiger partial charge in [0, 0.05) is 16.5 Å². The third-order valence-electron chi connectivity index (χ3n) is 7.34. The lowest BCUT2D eigenvalue weighted by atomic mass is 10.00. The molecule has 152 valence electrons. The second-order valence-corrected chi connectivity index (χ2v) is 13.7. The summed E-state index contributed by atoms with van der Waals surface area (Å²) < 4.78 is 2.43. The highest BCUT2D eigenvalue weighted by Gasteiger charge is 2.38. The normalized spacial score (nSPS) is 14.2. The molecule has 0 N–H and O–H groups in total. The maximum atomic E-state index is 2.51. The topological polar surface area (TPSA) is 4.93 Å². The molecule has 32 heavy (non-hydrogen) atoms. The van der Waals surface area contributed by atoms with Crippen molar-refractivity contribution in [3.05, 3.63) is 103 Å². The number of hydrogen-bond donors (Lipinski definition) is 0. The van der Waals surface area contributed by atoms with Gasteiger partial charge in [0.25, 0.3) is 0 Å². The van der Waals surface area contributed by atoms with E-state index >= 15 is 0 Å². The van der Waals surface area contributed by atoms with E-state index in [2.05, 4.69) is 121 Å². The summed E-state index contributed by atoms with van der Waals surface area (Å²) in [6.07, 6.45) is 0. The molecule has 0 bridgehead atoms. The Bertz CT molecular complexity index is 1690. The largest absolute Gasteiger partial charge is 0.309 e. The van der Waals surface area contributed by atoms with Crippen LogP contribution in [-0.4, -0.2) is 12.6 Å². The molecule has 6 aromatic rings. The lowest BCUT2D eigenvalue weighted by Crippen LogP contribution is -2.49. The van der Waals surface area contributed by atoms with Gasteiger partial charge in [-0.3, -0.25) is 0 Å². The van der Waals surface area contributed by atoms with E-state index in [1.54, 1.807) is 10.4 Å². The summed E-state index contributed by atoms with van der Waals surface area (Å²) in [6.45, 7) is 5.02. The van der Waals surface area contributed by atoms with E-state index in [9.17, 15) is 0 Å². The van der Waals surface area contributed by atoms with Gasteiger partial charge >= 0.3 is 0 Å². The molecule has 0 atom stereocenters. The summed E-state index contributed by atoms with van der Waals surface area (Å²) in [6, 6.07) is 38.2. The summed E-state index contributed by atoms with van der Waals surface area (Å²) in [5, 5.41) is 8.55. The highest BCUT2D eigenvalue weighted by atomic mass is 28.3. The van der Waals surface area contributed by atoms with Crippen LogP contribution in [0.2, 0.25) is 13.1 Å². The number of hydrogen-bond acceptors (Lipinski definition) is 0. The molecular weight excluding hydrogens is 402 g/mol. The van der Waals surface area contributed by atoms with Crippen molar-refractivity contribution in [2.24, 2.45) is 0 Å². The first-order valence-electron chi connectivity index (χ1n) is 11.3. The van der Waals surface area contributed by atoms with Gasteiger partial charge in [0.1, 0.15) is 8.07 Å². The van der Waals surface area contributed by atoms with Crippen molar-refractivity contribution in [1.82, 2.24) is 4.57 Å². The number of rotatable bonds is 1. The van der Waals surface area contributed by atoms with Gasteiger partial charge in [-0.05, 0) is 62.6 Å². The Labute approximate surface area is 188 Å². The molecule has 1 nitrogen and oxygen atoms in total. The number of aromatic nitrogens is 1. The van der Waals surface area contributed by atoms with E-state index in [-0.39, 0.29) is 0 Å². The lowest BCUT2D eigenvalue weighted by molar-refractivity contribution is 1.18. The van der Waals surface area contributed by atoms with Crippen LogP contribution in [-0.2, 0) is 0 Å². The van der Waals surface area contributed by atoms with Crippen LogP contribution >= 0.6 is 0 Å². The Morgan fingerprint density at radius 2 is 1.31 bits per heavy atom. The minimum absolute atomic E-state index is 1.21. The van der Waals surface area contributed by atoms with Gasteiger partial charge in [-0.2, -0.15) is 0 Å². The molecule has 1 aromatic heterocycles. The molecule has 1 aliphatic heterocycles. The van der Waals surface area contributed by atoms with Crippen LogP contribution in [0.15, 0.2) is 103 Å². The van der Waals surface area contributed by atoms with Crippen LogP contribution in [0.25, 0.3) is 49.4 Å². The molecule has 0 saturated carbocycles. The molecule has 0 saturated heterocycles. The predicted octanol–water partition coefficient (Wildman–Crippen LogP) is 6.74. The fourth-order valence-electron chi connectivity index (χ4n) is 5.94. The highest BCUT2D eigenvalue weighted by Crippen LogP contribution is 2.37. The van der Waals surface area contributed by atoms with Crippen LogP contribution in [0.4, 0.5) is 0 Å². The SMILES string of the molecule is C[Si]1(C)c2ccccc2-c2ccc3cc4c5ccccc5n(-c5ccccc5)c4cc3c21. The van der Waals surface area contributed by atoms with Crippen LogP contribution in [0.3, 0.4) is 0 Å². The van der Waals surface area contributed by atoms with Crippen molar-refractivity contribution in [2.75, 3.05) is 0 Å². The zero-order chi connectivity index (χ0) is 21.4. The first-order chi connectivity index (χ1) is 15.6. The molecule has 1 aliphatic rings. The minimum atomic E-state index is -1.78. The number of benzene rings is 5. The molecule has 2 heterocycles. The van der Waals surface area contributed by atoms with Gasteiger partial charge < -0.3 is 4.57 Å². The molecule has 0 fully saturated rings. The smallest absolute Gasteiger partial charge is 0.114 e. The third kappa shape index (κ3) is 2.22. The molecule has 5 aromatic carbocycles. The van der Waals surface area contributed by atoms with Crippen molar-refractivity contribution in [3.63, 3.8) is 0 Å². The molecule has 0 spiro atoms. The van der Waals surface area contributed by atoms with E-state index in [4.69, 9.17) is 0 Å². The zero-order valence-corrected chi connectivity index (χ0v) is 19.3. The van der Waals surface area contributed by atoms with Crippen LogP contribution in [0.5, 0.6) is 0 Å². The van der Waals surface area contributed by atoms with Gasteiger partial charge in [-0.1, -0.05) is 85.9 Å². The van der Waals surface area contributed by atoms with E-state index in [0.29, 0.717) is 0 Å². The Morgan fingerprint density at radius 1 is 0.562 bits per heavy atom. The van der Waals surface area contributed by atoms with Crippen LogP contribution < -0.4 is 10.4 Å². The van der Waals surface area contributed by atoms with E-state index in [1.807, 2.05) is 0 Å². The number of para-hydroxylation sites is 2. The quantitative estimate of drug-likeness (QED) is 0.257. The van der Waals surface area contributed by atoms with E-state index in [0.717, 1.165) is 0 Å². The van der Waals surface area contributed by atoms with Crippen LogP contribution in [0.1, 0.15) is 0 Å². The fourth-order valence-corrected chi connectivity index (χ4v) is 9.39. The number of fused-ring (bicyclic) bond motifs is 8. The van der Waals surface area contributed by atoms with E-state index < -0.39 is 8.07 Å². The zero-order valence-electron chi connectivity index (χ0n) is 18.3. The summed E-state index contributed by atoms with van der Waals surface area (Å²) in [5.41, 5.74) is 6.64. The first-order valence-corrected chi connectivity index (χ1v) is 14.3. The number of nitrogens with zero attached hydrogens (tertiary/aromatic N) is 1. The average Bonchev–Trinajstić information content (AvgIpc) is 3.27. The molecule has 0 unspecified atom stereocenters. The lowest BCUT2D eigenvalue weighted by Gasteiger charge is -2.21. The molecular formula is C30H23NSi. The molecule has 0 radical (unpaired) electrons. The van der Waals surface area contributed by atoms with Gasteiger partial charge in [0.05, 0.1) is 11.0 Å². The summed E-state index contributed by atoms with van der Waals surface area (Å²) in [5.74, 6) is 0. The molecule has 2 heteroatoms. The fraction of sp³-hybridized carbons (Fsp3) is 0.0667. The van der Waals surface area contributed by atoms with Crippen molar-refractivity contribution in [1.29, 1.82) is 0 Å². The van der Waals surface area contributed by atoms with Gasteiger partial charge in [0.15, 0.2) is 0 Å². The van der Waals surface area contributed by atoms with Crippen molar-refractivity contribution in [2.45, 2.75) is 13.1 Å². The summed E-state index contributed by atoms with van der Waals surface area (Å²) in [7, 11) is -1.78.